The summed E-state index contributed by atoms with van der Waals surface area (Å²) in [4.78, 5) is 32.6. The number of benzene rings is 1. The van der Waals surface area contributed by atoms with Crippen molar-refractivity contribution in [3.8, 4) is 0 Å². The van der Waals surface area contributed by atoms with Crippen LogP contribution in [0.15, 0.2) is 29.2 Å². The van der Waals surface area contributed by atoms with Crippen LogP contribution in [0.5, 0.6) is 0 Å². The standard InChI is InChI=1S/C30H44N4O5S2/c1-4-7-15-34(16-8-5-2)41(37,38)24-11-9-23(10-12-24)28(35)31-29-27(30(36)33-18-20-39-21-19-33)25-13-17-32(14-6-3)22-26(25)40-29/h9-12H,4-8,13-22H2,1-3H3,(H,31,35). The molecule has 1 fully saturated rings. The minimum atomic E-state index is -3.65. The fourth-order valence-corrected chi connectivity index (χ4v) is 8.12. The van der Waals surface area contributed by atoms with Crippen molar-refractivity contribution in [2.45, 2.75) is 70.7 Å². The molecule has 0 aliphatic carbocycles. The summed E-state index contributed by atoms with van der Waals surface area (Å²) in [5, 5.41) is 3.58. The van der Waals surface area contributed by atoms with Crippen molar-refractivity contribution < 1.29 is 22.7 Å². The highest BCUT2D eigenvalue weighted by atomic mass is 32.2. The lowest BCUT2D eigenvalue weighted by Crippen LogP contribution is -2.41. The van der Waals surface area contributed by atoms with E-state index in [0.29, 0.717) is 55.5 Å². The second kappa shape index (κ2) is 14.7. The zero-order chi connectivity index (χ0) is 29.4. The van der Waals surface area contributed by atoms with Gasteiger partial charge < -0.3 is 15.0 Å². The topological polar surface area (TPSA) is 99.3 Å². The van der Waals surface area contributed by atoms with Crippen LogP contribution in [0.4, 0.5) is 5.00 Å². The third-order valence-corrected chi connectivity index (χ3v) is 10.7. The van der Waals surface area contributed by atoms with Gasteiger partial charge in [-0.25, -0.2) is 8.42 Å². The van der Waals surface area contributed by atoms with Crippen LogP contribution in [-0.4, -0.2) is 86.8 Å². The Hall–Kier alpha value is -2.31. The SMILES string of the molecule is CCCCN(CCCC)S(=O)(=O)c1ccc(C(=O)Nc2sc3c(c2C(=O)N2CCOCC2)CCN(CCC)C3)cc1. The van der Waals surface area contributed by atoms with Gasteiger partial charge in [0.25, 0.3) is 11.8 Å². The molecule has 0 unspecified atom stereocenters. The molecule has 1 N–H and O–H groups in total. The normalized spacial score (nSPS) is 16.1. The van der Waals surface area contributed by atoms with Gasteiger partial charge >= 0.3 is 0 Å². The summed E-state index contributed by atoms with van der Waals surface area (Å²) in [6.45, 7) is 11.9. The maximum Gasteiger partial charge on any atom is 0.257 e. The first-order chi connectivity index (χ1) is 19.8. The van der Waals surface area contributed by atoms with E-state index in [4.69, 9.17) is 4.74 Å². The summed E-state index contributed by atoms with van der Waals surface area (Å²) >= 11 is 1.48. The van der Waals surface area contributed by atoms with Crippen LogP contribution >= 0.6 is 11.3 Å². The van der Waals surface area contributed by atoms with Crippen LogP contribution < -0.4 is 5.32 Å². The monoisotopic (exact) mass is 604 g/mol. The Morgan fingerprint density at radius 2 is 1.63 bits per heavy atom. The van der Waals surface area contributed by atoms with Crippen LogP contribution in [0.1, 0.15) is 84.0 Å². The van der Waals surface area contributed by atoms with Crippen LogP contribution in [0.2, 0.25) is 0 Å². The molecule has 0 radical (unpaired) electrons. The molecule has 4 rings (SSSR count). The molecule has 2 aliphatic heterocycles. The number of sulfonamides is 1. The molecular formula is C30H44N4O5S2. The van der Waals surface area contributed by atoms with E-state index in [0.717, 1.165) is 68.6 Å². The van der Waals surface area contributed by atoms with Gasteiger partial charge in [0.1, 0.15) is 5.00 Å². The molecule has 226 valence electrons. The van der Waals surface area contributed by atoms with Crippen molar-refractivity contribution in [1.29, 1.82) is 0 Å². The Labute approximate surface area is 248 Å². The molecule has 1 aromatic heterocycles. The van der Waals surface area contributed by atoms with E-state index in [1.807, 2.05) is 18.7 Å². The molecular weight excluding hydrogens is 560 g/mol. The third-order valence-electron chi connectivity index (χ3n) is 7.69. The first-order valence-corrected chi connectivity index (χ1v) is 17.2. The number of carbonyl (C=O) groups is 2. The van der Waals surface area contributed by atoms with Gasteiger partial charge in [0.15, 0.2) is 0 Å². The zero-order valence-electron chi connectivity index (χ0n) is 24.6. The van der Waals surface area contributed by atoms with Crippen molar-refractivity contribution in [3.05, 3.63) is 45.8 Å². The Morgan fingerprint density at radius 1 is 0.976 bits per heavy atom. The summed E-state index contributed by atoms with van der Waals surface area (Å²) in [5.41, 5.74) is 1.98. The van der Waals surface area contributed by atoms with Crippen LogP contribution in [0, 0.1) is 0 Å². The molecule has 1 aromatic carbocycles. The zero-order valence-corrected chi connectivity index (χ0v) is 26.2. The largest absolute Gasteiger partial charge is 0.378 e. The highest BCUT2D eigenvalue weighted by Crippen LogP contribution is 2.38. The highest BCUT2D eigenvalue weighted by Gasteiger charge is 2.32. The van der Waals surface area contributed by atoms with Crippen molar-refractivity contribution >= 4 is 38.2 Å². The lowest BCUT2D eigenvalue weighted by atomic mass is 10.0. The fraction of sp³-hybridized carbons (Fsp3) is 0.600. The smallest absolute Gasteiger partial charge is 0.257 e. The molecule has 41 heavy (non-hydrogen) atoms. The van der Waals surface area contributed by atoms with Crippen molar-refractivity contribution in [2.75, 3.05) is 57.8 Å². The lowest BCUT2D eigenvalue weighted by molar-refractivity contribution is 0.0302. The summed E-state index contributed by atoms with van der Waals surface area (Å²) < 4.78 is 33.7. The molecule has 11 heteroatoms. The first-order valence-electron chi connectivity index (χ1n) is 15.0. The minimum absolute atomic E-state index is 0.0641. The van der Waals surface area contributed by atoms with Crippen LogP contribution in [0.3, 0.4) is 0 Å². The summed E-state index contributed by atoms with van der Waals surface area (Å²) in [7, 11) is -3.65. The van der Waals surface area contributed by atoms with Gasteiger partial charge in [0.2, 0.25) is 10.0 Å². The van der Waals surface area contributed by atoms with E-state index >= 15 is 0 Å². The molecule has 2 amide bonds. The number of hydrogen-bond donors (Lipinski definition) is 1. The maximum atomic E-state index is 13.7. The minimum Gasteiger partial charge on any atom is -0.378 e. The molecule has 2 aliphatic rings. The van der Waals surface area contributed by atoms with Crippen LogP contribution in [-0.2, 0) is 27.7 Å². The number of amides is 2. The highest BCUT2D eigenvalue weighted by molar-refractivity contribution is 7.89. The quantitative estimate of drug-likeness (QED) is 0.352. The molecule has 2 aromatic rings. The van der Waals surface area contributed by atoms with Gasteiger partial charge in [-0.1, -0.05) is 33.6 Å². The number of carbonyl (C=O) groups excluding carboxylic acids is 2. The number of anilines is 1. The summed E-state index contributed by atoms with van der Waals surface area (Å²) in [5.74, 6) is -0.423. The third kappa shape index (κ3) is 7.56. The number of morpholine rings is 1. The molecule has 1 saturated heterocycles. The molecule has 0 bridgehead atoms. The van der Waals surface area contributed by atoms with E-state index in [1.165, 1.54) is 23.5 Å². The molecule has 0 saturated carbocycles. The van der Waals surface area contributed by atoms with E-state index < -0.39 is 10.0 Å². The average Bonchev–Trinajstić information content (AvgIpc) is 3.34. The average molecular weight is 605 g/mol. The first kappa shape index (κ1) is 31.6. The van der Waals surface area contributed by atoms with Gasteiger partial charge in [0, 0.05) is 49.7 Å². The van der Waals surface area contributed by atoms with Crippen molar-refractivity contribution in [2.24, 2.45) is 0 Å². The number of nitrogens with one attached hydrogen (secondary N) is 1. The number of thiophene rings is 1. The summed E-state index contributed by atoms with van der Waals surface area (Å²) in [6.07, 6.45) is 5.26. The van der Waals surface area contributed by atoms with E-state index in [9.17, 15) is 18.0 Å². The number of unbranched alkanes of at least 4 members (excludes halogenated alkanes) is 2. The van der Waals surface area contributed by atoms with Gasteiger partial charge in [-0.3, -0.25) is 14.5 Å². The Bertz CT molecular complexity index is 1280. The maximum absolute atomic E-state index is 13.7. The molecule has 3 heterocycles. The van der Waals surface area contributed by atoms with Gasteiger partial charge in [-0.2, -0.15) is 4.31 Å². The van der Waals surface area contributed by atoms with Crippen LogP contribution in [0.25, 0.3) is 0 Å². The van der Waals surface area contributed by atoms with E-state index in [2.05, 4.69) is 17.1 Å². The predicted octanol–water partition coefficient (Wildman–Crippen LogP) is 4.83. The van der Waals surface area contributed by atoms with Crippen molar-refractivity contribution in [3.63, 3.8) is 0 Å². The lowest BCUT2D eigenvalue weighted by Gasteiger charge is -2.29. The number of hydrogen-bond acceptors (Lipinski definition) is 7. The van der Waals surface area contributed by atoms with Crippen molar-refractivity contribution in [1.82, 2.24) is 14.1 Å². The number of rotatable bonds is 13. The fourth-order valence-electron chi connectivity index (χ4n) is 5.33. The predicted molar refractivity (Wildman–Crippen MR) is 163 cm³/mol. The number of ether oxygens (including phenoxy) is 1. The number of nitrogens with zero attached hydrogens (tertiary/aromatic N) is 3. The molecule has 9 nitrogen and oxygen atoms in total. The Morgan fingerprint density at radius 3 is 2.24 bits per heavy atom. The molecule has 0 spiro atoms. The number of fused-ring (bicyclic) bond motifs is 1. The molecule has 0 atom stereocenters. The van der Waals surface area contributed by atoms with Gasteiger partial charge in [-0.05, 0) is 62.1 Å². The van der Waals surface area contributed by atoms with E-state index in [-0.39, 0.29) is 16.7 Å². The second-order valence-corrected chi connectivity index (χ2v) is 13.8. The van der Waals surface area contributed by atoms with Gasteiger partial charge in [0.05, 0.1) is 23.7 Å². The van der Waals surface area contributed by atoms with Gasteiger partial charge in [-0.15, -0.1) is 11.3 Å². The summed E-state index contributed by atoms with van der Waals surface area (Å²) in [6, 6.07) is 6.13. The Balaban J connectivity index is 1.56. The second-order valence-electron chi connectivity index (χ2n) is 10.7. The van der Waals surface area contributed by atoms with E-state index in [1.54, 1.807) is 16.4 Å². The Kier molecular flexibility index (Phi) is 11.4.